The van der Waals surface area contributed by atoms with Gasteiger partial charge in [0.05, 0.1) is 12.3 Å². The van der Waals surface area contributed by atoms with E-state index in [1.54, 1.807) is 59.5 Å². The molecule has 0 bridgehead atoms. The maximum Gasteiger partial charge on any atom is 0.251 e. The molecule has 3 aromatic rings. The lowest BCUT2D eigenvalue weighted by Crippen LogP contribution is -2.42. The maximum absolute atomic E-state index is 13.0. The van der Waals surface area contributed by atoms with Gasteiger partial charge in [-0.15, -0.1) is 0 Å². The van der Waals surface area contributed by atoms with Gasteiger partial charge in [0.25, 0.3) is 11.8 Å². The van der Waals surface area contributed by atoms with Crippen molar-refractivity contribution in [2.75, 3.05) is 45.1 Å². The number of anilines is 1. The van der Waals surface area contributed by atoms with Crippen molar-refractivity contribution >= 4 is 29.1 Å². The van der Waals surface area contributed by atoms with E-state index in [4.69, 9.17) is 20.6 Å². The molecular weight excluding hydrogens is 546 g/mol. The molecule has 4 rings (SSSR count). The molecule has 0 unspecified atom stereocenters. The number of hydrogen-bond acceptors (Lipinski definition) is 7. The molecule has 43 heavy (non-hydrogen) atoms. The van der Waals surface area contributed by atoms with Crippen LogP contribution in [0.15, 0.2) is 66.7 Å². The Morgan fingerprint density at radius 2 is 1.51 bits per heavy atom. The summed E-state index contributed by atoms with van der Waals surface area (Å²) in [4.78, 5) is 40.0. The molecule has 226 valence electrons. The first-order valence-electron chi connectivity index (χ1n) is 14.5. The summed E-state index contributed by atoms with van der Waals surface area (Å²) in [7, 11) is 0. The molecule has 0 atom stereocenters. The largest absolute Gasteiger partial charge is 0.486 e. The SMILES string of the molecule is CC(C)CN(CCCCNC(=O)c1ccc(C(=N)c2ccccc2N)cc1)C(=O)CNC(=O)c1ccc2c(c1)OCCO2. The van der Waals surface area contributed by atoms with Crippen molar-refractivity contribution in [3.63, 3.8) is 0 Å². The van der Waals surface area contributed by atoms with Gasteiger partial charge in [-0.25, -0.2) is 0 Å². The van der Waals surface area contributed by atoms with Crippen molar-refractivity contribution in [2.45, 2.75) is 26.7 Å². The maximum atomic E-state index is 13.0. The van der Waals surface area contributed by atoms with Gasteiger partial charge in [-0.05, 0) is 55.2 Å². The highest BCUT2D eigenvalue weighted by molar-refractivity contribution is 6.14. The number of nitrogens with two attached hydrogens (primary N) is 1. The molecule has 10 nitrogen and oxygen atoms in total. The normalized spacial score (nSPS) is 12.0. The molecule has 0 aromatic heterocycles. The van der Waals surface area contributed by atoms with Crippen LogP contribution in [0.1, 0.15) is 58.5 Å². The molecule has 0 aliphatic carbocycles. The second kappa shape index (κ2) is 14.9. The summed E-state index contributed by atoms with van der Waals surface area (Å²) in [6, 6.07) is 19.0. The third kappa shape index (κ3) is 8.57. The Kier molecular flexibility index (Phi) is 10.7. The van der Waals surface area contributed by atoms with Gasteiger partial charge in [-0.1, -0.05) is 44.2 Å². The van der Waals surface area contributed by atoms with E-state index in [1.807, 2.05) is 26.0 Å². The number of amides is 3. The lowest BCUT2D eigenvalue weighted by atomic mass is 10.00. The molecule has 1 aliphatic heterocycles. The third-order valence-electron chi connectivity index (χ3n) is 6.95. The number of nitrogen functional groups attached to an aromatic ring is 1. The standard InChI is InChI=1S/C33H39N5O5/c1-22(2)21-38(30(39)20-37-33(41)25-13-14-28-29(19-25)43-18-17-42-28)16-6-5-15-36-32(40)24-11-9-23(10-12-24)31(35)26-7-3-4-8-27(26)34/h3-4,7-14,19,22,35H,5-6,15-18,20-21,34H2,1-2H3,(H,36,40)(H,37,41). The highest BCUT2D eigenvalue weighted by Crippen LogP contribution is 2.30. The average Bonchev–Trinajstić information content (AvgIpc) is 3.02. The van der Waals surface area contributed by atoms with Gasteiger partial charge in [0, 0.05) is 47.6 Å². The number of fused-ring (bicyclic) bond motifs is 1. The van der Waals surface area contributed by atoms with Crippen LogP contribution in [0.25, 0.3) is 0 Å². The second-order valence-electron chi connectivity index (χ2n) is 10.8. The monoisotopic (exact) mass is 585 g/mol. The molecule has 3 amide bonds. The van der Waals surface area contributed by atoms with E-state index in [9.17, 15) is 14.4 Å². The van der Waals surface area contributed by atoms with Crippen LogP contribution in [0, 0.1) is 11.3 Å². The fraction of sp³-hybridized carbons (Fsp3) is 0.333. The first kappa shape index (κ1) is 31.1. The zero-order valence-electron chi connectivity index (χ0n) is 24.7. The van der Waals surface area contributed by atoms with Gasteiger partial charge in [0.15, 0.2) is 11.5 Å². The van der Waals surface area contributed by atoms with E-state index >= 15 is 0 Å². The summed E-state index contributed by atoms with van der Waals surface area (Å²) < 4.78 is 11.0. The van der Waals surface area contributed by atoms with Crippen LogP contribution in [0.4, 0.5) is 5.69 Å². The fourth-order valence-corrected chi connectivity index (χ4v) is 4.71. The topological polar surface area (TPSA) is 147 Å². The number of hydrogen-bond donors (Lipinski definition) is 4. The molecule has 1 aliphatic rings. The number of benzene rings is 3. The predicted molar refractivity (Wildman–Crippen MR) is 166 cm³/mol. The summed E-state index contributed by atoms with van der Waals surface area (Å²) in [5.41, 5.74) is 9.04. The summed E-state index contributed by atoms with van der Waals surface area (Å²) >= 11 is 0. The van der Waals surface area contributed by atoms with E-state index in [1.165, 1.54) is 0 Å². The van der Waals surface area contributed by atoms with E-state index in [0.717, 1.165) is 0 Å². The van der Waals surface area contributed by atoms with Gasteiger partial charge in [-0.2, -0.15) is 0 Å². The number of ether oxygens (including phenoxy) is 2. The Morgan fingerprint density at radius 3 is 2.23 bits per heavy atom. The Labute approximate surface area is 252 Å². The molecule has 0 spiro atoms. The molecule has 0 saturated heterocycles. The molecular formula is C33H39N5O5. The van der Waals surface area contributed by atoms with Crippen LogP contribution in [-0.4, -0.2) is 67.7 Å². The van der Waals surface area contributed by atoms with Crippen molar-refractivity contribution in [2.24, 2.45) is 5.92 Å². The van der Waals surface area contributed by atoms with Crippen molar-refractivity contribution < 1.29 is 23.9 Å². The van der Waals surface area contributed by atoms with E-state index in [-0.39, 0.29) is 30.2 Å². The third-order valence-corrected chi connectivity index (χ3v) is 6.95. The van der Waals surface area contributed by atoms with E-state index < -0.39 is 0 Å². The Morgan fingerprint density at radius 1 is 0.860 bits per heavy atom. The fourth-order valence-electron chi connectivity index (χ4n) is 4.71. The van der Waals surface area contributed by atoms with Gasteiger partial charge >= 0.3 is 0 Å². The van der Waals surface area contributed by atoms with Crippen molar-refractivity contribution in [3.8, 4) is 11.5 Å². The molecule has 0 fully saturated rings. The number of nitrogens with one attached hydrogen (secondary N) is 3. The number of para-hydroxylation sites is 1. The summed E-state index contributed by atoms with van der Waals surface area (Å²) in [6.45, 7) is 6.41. The van der Waals surface area contributed by atoms with Gasteiger partial charge in [-0.3, -0.25) is 19.8 Å². The molecule has 10 heteroatoms. The minimum atomic E-state index is -0.355. The quantitative estimate of drug-likeness (QED) is 0.136. The number of carbonyl (C=O) groups excluding carboxylic acids is 3. The summed E-state index contributed by atoms with van der Waals surface area (Å²) in [6.07, 6.45) is 1.39. The number of rotatable bonds is 13. The highest BCUT2D eigenvalue weighted by Gasteiger charge is 2.18. The Bertz CT molecular complexity index is 1450. The molecule has 5 N–H and O–H groups in total. The highest BCUT2D eigenvalue weighted by atomic mass is 16.6. The van der Waals surface area contributed by atoms with Crippen molar-refractivity contribution in [1.82, 2.24) is 15.5 Å². The zero-order chi connectivity index (χ0) is 30.8. The Balaban J connectivity index is 1.20. The van der Waals surface area contributed by atoms with Gasteiger partial charge in [0.1, 0.15) is 13.2 Å². The van der Waals surface area contributed by atoms with Crippen molar-refractivity contribution in [1.29, 1.82) is 5.41 Å². The first-order valence-corrected chi connectivity index (χ1v) is 14.5. The molecule has 0 saturated carbocycles. The van der Waals surface area contributed by atoms with E-state index in [0.29, 0.717) is 90.8 Å². The Hall–Kier alpha value is -4.86. The number of carbonyl (C=O) groups is 3. The van der Waals surface area contributed by atoms with Crippen LogP contribution >= 0.6 is 0 Å². The molecule has 0 radical (unpaired) electrons. The lowest BCUT2D eigenvalue weighted by Gasteiger charge is -2.25. The van der Waals surface area contributed by atoms with Gasteiger partial charge < -0.3 is 30.7 Å². The molecule has 3 aromatic carbocycles. The van der Waals surface area contributed by atoms with E-state index in [2.05, 4.69) is 10.6 Å². The van der Waals surface area contributed by atoms with Crippen LogP contribution in [0.5, 0.6) is 11.5 Å². The van der Waals surface area contributed by atoms with Gasteiger partial charge in [0.2, 0.25) is 5.91 Å². The molecule has 1 heterocycles. The smallest absolute Gasteiger partial charge is 0.251 e. The number of unbranched alkanes of at least 4 members (excludes halogenated alkanes) is 1. The zero-order valence-corrected chi connectivity index (χ0v) is 24.7. The first-order chi connectivity index (χ1) is 20.7. The van der Waals surface area contributed by atoms with Crippen LogP contribution in [0.2, 0.25) is 0 Å². The van der Waals surface area contributed by atoms with Crippen LogP contribution in [-0.2, 0) is 4.79 Å². The predicted octanol–water partition coefficient (Wildman–Crippen LogP) is 3.88. The second-order valence-corrected chi connectivity index (χ2v) is 10.8. The average molecular weight is 586 g/mol. The summed E-state index contributed by atoms with van der Waals surface area (Å²) in [5, 5.41) is 14.1. The summed E-state index contributed by atoms with van der Waals surface area (Å²) in [5.74, 6) is 0.666. The van der Waals surface area contributed by atoms with Crippen LogP contribution < -0.4 is 25.8 Å². The number of nitrogens with zero attached hydrogens (tertiary/aromatic N) is 1. The minimum Gasteiger partial charge on any atom is -0.486 e. The lowest BCUT2D eigenvalue weighted by molar-refractivity contribution is -0.130. The van der Waals surface area contributed by atoms with Crippen LogP contribution in [0.3, 0.4) is 0 Å². The minimum absolute atomic E-state index is 0.110. The van der Waals surface area contributed by atoms with Crippen molar-refractivity contribution in [3.05, 3.63) is 89.0 Å².